The smallest absolute Gasteiger partial charge is 0.138 e. The molecular formula is C10H5BrClFO. The Morgan fingerprint density at radius 3 is 2.71 bits per heavy atom. The molecule has 1 nitrogen and oxygen atoms in total. The van der Waals surface area contributed by atoms with Gasteiger partial charge in [0.2, 0.25) is 0 Å². The summed E-state index contributed by atoms with van der Waals surface area (Å²) < 4.78 is 19.2. The second kappa shape index (κ2) is 3.75. The van der Waals surface area contributed by atoms with E-state index in [0.29, 0.717) is 20.8 Å². The third kappa shape index (κ3) is 1.70. The van der Waals surface area contributed by atoms with Gasteiger partial charge in [0.15, 0.2) is 0 Å². The zero-order valence-electron chi connectivity index (χ0n) is 6.93. The zero-order valence-corrected chi connectivity index (χ0v) is 9.27. The standard InChI is InChI=1S/C10H5BrClFO/c11-6-4-7(12)10(8(13)5-6)9-2-1-3-14-9/h1-5H. The number of hydrogen-bond acceptors (Lipinski definition) is 1. The van der Waals surface area contributed by atoms with Crippen molar-refractivity contribution < 1.29 is 8.81 Å². The van der Waals surface area contributed by atoms with Gasteiger partial charge in [-0.25, -0.2) is 4.39 Å². The van der Waals surface area contributed by atoms with Gasteiger partial charge in [-0.15, -0.1) is 0 Å². The fourth-order valence-corrected chi connectivity index (χ4v) is 2.06. The van der Waals surface area contributed by atoms with Crippen LogP contribution >= 0.6 is 27.5 Å². The molecule has 0 aliphatic heterocycles. The lowest BCUT2D eigenvalue weighted by Crippen LogP contribution is -1.84. The first-order chi connectivity index (χ1) is 6.68. The molecule has 1 aromatic carbocycles. The van der Waals surface area contributed by atoms with E-state index in [1.54, 1.807) is 18.2 Å². The van der Waals surface area contributed by atoms with E-state index in [1.165, 1.54) is 12.3 Å². The lowest BCUT2D eigenvalue weighted by atomic mass is 10.1. The minimum absolute atomic E-state index is 0.292. The molecule has 0 saturated heterocycles. The van der Waals surface area contributed by atoms with Crippen molar-refractivity contribution in [2.24, 2.45) is 0 Å². The van der Waals surface area contributed by atoms with Crippen LogP contribution < -0.4 is 0 Å². The quantitative estimate of drug-likeness (QED) is 0.747. The van der Waals surface area contributed by atoms with Crippen LogP contribution in [-0.4, -0.2) is 0 Å². The highest BCUT2D eigenvalue weighted by Crippen LogP contribution is 2.33. The summed E-state index contributed by atoms with van der Waals surface area (Å²) in [6.07, 6.45) is 1.48. The van der Waals surface area contributed by atoms with Crippen molar-refractivity contribution in [3.8, 4) is 11.3 Å². The van der Waals surface area contributed by atoms with E-state index in [-0.39, 0.29) is 0 Å². The summed E-state index contributed by atoms with van der Waals surface area (Å²) in [5.41, 5.74) is 0.292. The van der Waals surface area contributed by atoms with Gasteiger partial charge in [-0.3, -0.25) is 0 Å². The van der Waals surface area contributed by atoms with Crippen LogP contribution in [0.5, 0.6) is 0 Å². The van der Waals surface area contributed by atoms with Crippen LogP contribution in [0, 0.1) is 5.82 Å². The van der Waals surface area contributed by atoms with Crippen LogP contribution in [0.4, 0.5) is 4.39 Å². The monoisotopic (exact) mass is 274 g/mol. The maximum Gasteiger partial charge on any atom is 0.138 e. The minimum Gasteiger partial charge on any atom is -0.464 e. The first-order valence-electron chi connectivity index (χ1n) is 3.87. The van der Waals surface area contributed by atoms with Gasteiger partial charge in [0.05, 0.1) is 16.8 Å². The fourth-order valence-electron chi connectivity index (χ4n) is 1.20. The van der Waals surface area contributed by atoms with Gasteiger partial charge >= 0.3 is 0 Å². The van der Waals surface area contributed by atoms with Gasteiger partial charge in [-0.05, 0) is 24.3 Å². The maximum absolute atomic E-state index is 13.5. The molecule has 1 heterocycles. The zero-order chi connectivity index (χ0) is 10.1. The third-order valence-corrected chi connectivity index (χ3v) is 2.53. The number of halogens is 3. The van der Waals surface area contributed by atoms with Crippen LogP contribution in [0.1, 0.15) is 0 Å². The molecular weight excluding hydrogens is 270 g/mol. The molecule has 14 heavy (non-hydrogen) atoms. The van der Waals surface area contributed by atoms with E-state index < -0.39 is 5.82 Å². The van der Waals surface area contributed by atoms with Crippen molar-refractivity contribution in [3.05, 3.63) is 45.8 Å². The Labute approximate surface area is 93.6 Å². The molecule has 0 radical (unpaired) electrons. The summed E-state index contributed by atoms with van der Waals surface area (Å²) in [4.78, 5) is 0. The van der Waals surface area contributed by atoms with Crippen LogP contribution in [0.25, 0.3) is 11.3 Å². The van der Waals surface area contributed by atoms with Gasteiger partial charge in [-0.1, -0.05) is 27.5 Å². The van der Waals surface area contributed by atoms with Gasteiger partial charge in [0, 0.05) is 4.47 Å². The van der Waals surface area contributed by atoms with E-state index >= 15 is 0 Å². The van der Waals surface area contributed by atoms with E-state index in [0.717, 1.165) is 0 Å². The lowest BCUT2D eigenvalue weighted by molar-refractivity contribution is 0.569. The molecule has 72 valence electrons. The first kappa shape index (κ1) is 9.74. The van der Waals surface area contributed by atoms with Crippen LogP contribution in [-0.2, 0) is 0 Å². The minimum atomic E-state index is -0.403. The Morgan fingerprint density at radius 2 is 2.14 bits per heavy atom. The molecule has 4 heteroatoms. The Bertz CT molecular complexity index is 430. The molecule has 0 aliphatic rings. The van der Waals surface area contributed by atoms with Crippen molar-refractivity contribution in [3.63, 3.8) is 0 Å². The number of furan rings is 1. The number of hydrogen-bond donors (Lipinski definition) is 0. The van der Waals surface area contributed by atoms with Gasteiger partial charge in [0.1, 0.15) is 11.6 Å². The molecule has 0 unspecified atom stereocenters. The molecule has 0 spiro atoms. The molecule has 2 rings (SSSR count). The Balaban J connectivity index is 2.64. The molecule has 0 amide bonds. The van der Waals surface area contributed by atoms with Crippen LogP contribution in [0.15, 0.2) is 39.4 Å². The lowest BCUT2D eigenvalue weighted by Gasteiger charge is -2.03. The van der Waals surface area contributed by atoms with E-state index in [9.17, 15) is 4.39 Å². The summed E-state index contributed by atoms with van der Waals surface area (Å²) >= 11 is 9.05. The molecule has 2 aromatic rings. The first-order valence-corrected chi connectivity index (χ1v) is 5.04. The number of rotatable bonds is 1. The highest BCUT2D eigenvalue weighted by atomic mass is 79.9. The second-order valence-electron chi connectivity index (χ2n) is 2.72. The maximum atomic E-state index is 13.5. The van der Waals surface area contributed by atoms with E-state index in [1.807, 2.05) is 0 Å². The normalized spacial score (nSPS) is 10.5. The molecule has 0 fully saturated rings. The second-order valence-corrected chi connectivity index (χ2v) is 4.04. The third-order valence-electron chi connectivity index (χ3n) is 1.77. The SMILES string of the molecule is Fc1cc(Br)cc(Cl)c1-c1ccco1. The van der Waals surface area contributed by atoms with Gasteiger partial charge < -0.3 is 4.42 Å². The highest BCUT2D eigenvalue weighted by Gasteiger charge is 2.13. The highest BCUT2D eigenvalue weighted by molar-refractivity contribution is 9.10. The van der Waals surface area contributed by atoms with E-state index in [2.05, 4.69) is 15.9 Å². The molecule has 0 N–H and O–H groups in total. The van der Waals surface area contributed by atoms with Crippen molar-refractivity contribution in [2.75, 3.05) is 0 Å². The van der Waals surface area contributed by atoms with Gasteiger partial charge in [-0.2, -0.15) is 0 Å². The predicted octanol–water partition coefficient (Wildman–Crippen LogP) is 4.50. The summed E-state index contributed by atoms with van der Waals surface area (Å²) in [6.45, 7) is 0. The summed E-state index contributed by atoms with van der Waals surface area (Å²) in [5.74, 6) is 0.0272. The van der Waals surface area contributed by atoms with Crippen molar-refractivity contribution in [1.82, 2.24) is 0 Å². The van der Waals surface area contributed by atoms with Crippen molar-refractivity contribution in [2.45, 2.75) is 0 Å². The van der Waals surface area contributed by atoms with Crippen molar-refractivity contribution >= 4 is 27.5 Å². The summed E-state index contributed by atoms with van der Waals surface area (Å²) in [5, 5.41) is 0.326. The summed E-state index contributed by atoms with van der Waals surface area (Å²) in [7, 11) is 0. The average Bonchev–Trinajstić information content (AvgIpc) is 2.54. The summed E-state index contributed by atoms with van der Waals surface area (Å²) in [6, 6.07) is 6.33. The fraction of sp³-hybridized carbons (Fsp3) is 0. The Hall–Kier alpha value is -0.800. The predicted molar refractivity (Wildman–Crippen MR) is 56.8 cm³/mol. The number of benzene rings is 1. The van der Waals surface area contributed by atoms with E-state index in [4.69, 9.17) is 16.0 Å². The molecule has 1 aromatic heterocycles. The Morgan fingerprint density at radius 1 is 1.36 bits per heavy atom. The van der Waals surface area contributed by atoms with Crippen LogP contribution in [0.2, 0.25) is 5.02 Å². The molecule has 0 atom stereocenters. The molecule has 0 bridgehead atoms. The topological polar surface area (TPSA) is 13.1 Å². The molecule has 0 aliphatic carbocycles. The van der Waals surface area contributed by atoms with Crippen molar-refractivity contribution in [1.29, 1.82) is 0 Å². The average molecular weight is 276 g/mol. The largest absolute Gasteiger partial charge is 0.464 e. The van der Waals surface area contributed by atoms with Crippen LogP contribution in [0.3, 0.4) is 0 Å². The molecule has 0 saturated carbocycles. The Kier molecular flexibility index (Phi) is 2.61. The van der Waals surface area contributed by atoms with Gasteiger partial charge in [0.25, 0.3) is 0 Å².